The topological polar surface area (TPSA) is 86.8 Å². The second-order valence-electron chi connectivity index (χ2n) is 9.34. The molecule has 3 rings (SSSR count). The summed E-state index contributed by atoms with van der Waals surface area (Å²) in [5.74, 6) is -0.577. The molecule has 0 saturated carbocycles. The van der Waals surface area contributed by atoms with Crippen LogP contribution < -0.4 is 9.62 Å². The third-order valence-corrected chi connectivity index (χ3v) is 8.18. The summed E-state index contributed by atoms with van der Waals surface area (Å²) in [6.07, 6.45) is 0.344. The lowest BCUT2D eigenvalue weighted by atomic mass is 10.1. The first kappa shape index (κ1) is 29.2. The van der Waals surface area contributed by atoms with E-state index in [0.717, 1.165) is 4.31 Å². The van der Waals surface area contributed by atoms with Gasteiger partial charge in [0.15, 0.2) is 0 Å². The van der Waals surface area contributed by atoms with Crippen LogP contribution >= 0.6 is 11.6 Å². The molecule has 0 aliphatic rings. The van der Waals surface area contributed by atoms with Gasteiger partial charge in [0, 0.05) is 18.1 Å². The highest BCUT2D eigenvalue weighted by Gasteiger charge is 2.33. The predicted molar refractivity (Wildman–Crippen MR) is 151 cm³/mol. The molecule has 9 heteroatoms. The van der Waals surface area contributed by atoms with Crippen LogP contribution in [0.1, 0.15) is 32.8 Å². The van der Waals surface area contributed by atoms with E-state index in [1.165, 1.54) is 17.0 Å². The molecule has 1 N–H and O–H groups in total. The molecule has 0 fully saturated rings. The highest BCUT2D eigenvalue weighted by molar-refractivity contribution is 7.92. The maximum Gasteiger partial charge on any atom is 0.264 e. The van der Waals surface area contributed by atoms with Gasteiger partial charge in [-0.15, -0.1) is 0 Å². The molecule has 38 heavy (non-hydrogen) atoms. The zero-order valence-corrected chi connectivity index (χ0v) is 23.5. The van der Waals surface area contributed by atoms with Crippen LogP contribution in [0.5, 0.6) is 0 Å². The number of para-hydroxylation sites is 1. The highest BCUT2D eigenvalue weighted by atomic mass is 35.5. The minimum absolute atomic E-state index is 0.0557. The molecule has 0 aliphatic carbocycles. The Morgan fingerprint density at radius 1 is 0.895 bits per heavy atom. The van der Waals surface area contributed by atoms with Crippen molar-refractivity contribution in [3.05, 3.63) is 95.5 Å². The monoisotopic (exact) mass is 555 g/mol. The molecule has 0 radical (unpaired) electrons. The van der Waals surface area contributed by atoms with Crippen LogP contribution in [0, 0.1) is 5.92 Å². The second-order valence-corrected chi connectivity index (χ2v) is 11.6. The van der Waals surface area contributed by atoms with Crippen molar-refractivity contribution in [3.8, 4) is 0 Å². The molecule has 202 valence electrons. The Hall–Kier alpha value is -3.36. The Labute approximate surface area is 230 Å². The molecule has 0 spiro atoms. The van der Waals surface area contributed by atoms with Gasteiger partial charge in [0.1, 0.15) is 12.6 Å². The second kappa shape index (κ2) is 13.4. The summed E-state index contributed by atoms with van der Waals surface area (Å²) in [5, 5.41) is 3.37. The Morgan fingerprint density at radius 2 is 1.47 bits per heavy atom. The number of nitrogens with one attached hydrogen (secondary N) is 1. The quantitative estimate of drug-likeness (QED) is 0.336. The number of anilines is 1. The number of rotatable bonds is 12. The normalized spacial score (nSPS) is 12.1. The van der Waals surface area contributed by atoms with Crippen molar-refractivity contribution in [3.63, 3.8) is 0 Å². The van der Waals surface area contributed by atoms with E-state index < -0.39 is 28.5 Å². The smallest absolute Gasteiger partial charge is 0.264 e. The molecule has 0 unspecified atom stereocenters. The van der Waals surface area contributed by atoms with E-state index in [-0.39, 0.29) is 23.3 Å². The highest BCUT2D eigenvalue weighted by Crippen LogP contribution is 2.25. The Balaban J connectivity index is 2.02. The van der Waals surface area contributed by atoms with Crippen LogP contribution in [0.2, 0.25) is 5.02 Å². The first-order valence-electron chi connectivity index (χ1n) is 12.6. The number of sulfonamides is 1. The van der Waals surface area contributed by atoms with E-state index in [1.54, 1.807) is 72.8 Å². The van der Waals surface area contributed by atoms with Crippen LogP contribution in [-0.2, 0) is 26.2 Å². The maximum absolute atomic E-state index is 14.0. The minimum atomic E-state index is -4.08. The largest absolute Gasteiger partial charge is 0.354 e. The standard InChI is InChI=1S/C29H34ClN3O4S/c1-4-27(29(35)31-19-22(2)3)32(20-23-13-11-12-18-26(23)30)28(34)21-33(24-14-7-5-8-15-24)38(36,37)25-16-9-6-10-17-25/h5-18,22,27H,4,19-21H2,1-3H3,(H,31,35)/t27-/m0/s1. The SMILES string of the molecule is CC[C@@H](C(=O)NCC(C)C)N(Cc1ccccc1Cl)C(=O)CN(c1ccccc1)S(=O)(=O)c1ccccc1. The molecule has 0 aromatic heterocycles. The first-order chi connectivity index (χ1) is 18.1. The molecule has 0 bridgehead atoms. The molecular formula is C29H34ClN3O4S. The van der Waals surface area contributed by atoms with Crippen LogP contribution in [0.3, 0.4) is 0 Å². The minimum Gasteiger partial charge on any atom is -0.354 e. The van der Waals surface area contributed by atoms with Crippen molar-refractivity contribution in [2.75, 3.05) is 17.4 Å². The van der Waals surface area contributed by atoms with Gasteiger partial charge in [-0.3, -0.25) is 13.9 Å². The number of amides is 2. The Bertz CT molecular complexity index is 1320. The molecule has 0 heterocycles. The van der Waals surface area contributed by atoms with Gasteiger partial charge in [0.05, 0.1) is 10.6 Å². The van der Waals surface area contributed by atoms with Gasteiger partial charge in [-0.05, 0) is 48.2 Å². The van der Waals surface area contributed by atoms with Crippen molar-refractivity contribution in [1.82, 2.24) is 10.2 Å². The zero-order valence-electron chi connectivity index (χ0n) is 21.9. The molecule has 3 aromatic carbocycles. The van der Waals surface area contributed by atoms with Crippen LogP contribution in [0.15, 0.2) is 89.8 Å². The molecular weight excluding hydrogens is 522 g/mol. The summed E-state index contributed by atoms with van der Waals surface area (Å²) >= 11 is 6.41. The summed E-state index contributed by atoms with van der Waals surface area (Å²) in [7, 11) is -4.08. The van der Waals surface area contributed by atoms with Crippen molar-refractivity contribution in [1.29, 1.82) is 0 Å². The summed E-state index contributed by atoms with van der Waals surface area (Å²) in [6, 6.07) is 22.7. The van der Waals surface area contributed by atoms with Gasteiger partial charge < -0.3 is 10.2 Å². The molecule has 1 atom stereocenters. The average Bonchev–Trinajstić information content (AvgIpc) is 2.92. The fourth-order valence-electron chi connectivity index (χ4n) is 3.99. The summed E-state index contributed by atoms with van der Waals surface area (Å²) in [5.41, 5.74) is 1.01. The summed E-state index contributed by atoms with van der Waals surface area (Å²) in [4.78, 5) is 28.7. The van der Waals surface area contributed by atoms with E-state index >= 15 is 0 Å². The molecule has 0 aliphatic heterocycles. The van der Waals surface area contributed by atoms with Crippen molar-refractivity contribution < 1.29 is 18.0 Å². The summed E-state index contributed by atoms with van der Waals surface area (Å²) in [6.45, 7) is 5.82. The van der Waals surface area contributed by atoms with E-state index in [9.17, 15) is 18.0 Å². The average molecular weight is 556 g/mol. The molecule has 3 aromatic rings. The van der Waals surface area contributed by atoms with Gasteiger partial charge in [-0.2, -0.15) is 0 Å². The number of nitrogens with zero attached hydrogens (tertiary/aromatic N) is 2. The number of halogens is 1. The van der Waals surface area contributed by atoms with Gasteiger partial charge in [-0.1, -0.05) is 87.0 Å². The summed E-state index contributed by atoms with van der Waals surface area (Å²) < 4.78 is 28.5. The number of hydrogen-bond donors (Lipinski definition) is 1. The number of carbonyl (C=O) groups excluding carboxylic acids is 2. The van der Waals surface area contributed by atoms with Crippen LogP contribution in [-0.4, -0.2) is 44.3 Å². The van der Waals surface area contributed by atoms with E-state index in [1.807, 2.05) is 20.8 Å². The van der Waals surface area contributed by atoms with Crippen LogP contribution in [0.4, 0.5) is 5.69 Å². The molecule has 0 saturated heterocycles. The number of benzene rings is 3. The van der Waals surface area contributed by atoms with E-state index in [2.05, 4.69) is 5.32 Å². The maximum atomic E-state index is 14.0. The van der Waals surface area contributed by atoms with Crippen molar-refractivity contribution >= 4 is 39.1 Å². The predicted octanol–water partition coefficient (Wildman–Crippen LogP) is 5.11. The van der Waals surface area contributed by atoms with E-state index in [0.29, 0.717) is 29.2 Å². The van der Waals surface area contributed by atoms with Crippen LogP contribution in [0.25, 0.3) is 0 Å². The third-order valence-electron chi connectivity index (χ3n) is 6.02. The van der Waals surface area contributed by atoms with Gasteiger partial charge in [0.2, 0.25) is 11.8 Å². The van der Waals surface area contributed by atoms with Gasteiger partial charge in [-0.25, -0.2) is 8.42 Å². The fourth-order valence-corrected chi connectivity index (χ4v) is 5.63. The third kappa shape index (κ3) is 7.36. The lowest BCUT2D eigenvalue weighted by Gasteiger charge is -2.33. The molecule has 2 amide bonds. The van der Waals surface area contributed by atoms with Gasteiger partial charge >= 0.3 is 0 Å². The Kier molecular flexibility index (Phi) is 10.3. The number of hydrogen-bond acceptors (Lipinski definition) is 4. The fraction of sp³-hybridized carbons (Fsp3) is 0.310. The van der Waals surface area contributed by atoms with Gasteiger partial charge in [0.25, 0.3) is 10.0 Å². The Morgan fingerprint density at radius 3 is 2.05 bits per heavy atom. The van der Waals surface area contributed by atoms with E-state index in [4.69, 9.17) is 11.6 Å². The molecule has 7 nitrogen and oxygen atoms in total. The zero-order chi connectivity index (χ0) is 27.7. The van der Waals surface area contributed by atoms with Crippen molar-refractivity contribution in [2.45, 2.75) is 44.7 Å². The lowest BCUT2D eigenvalue weighted by Crippen LogP contribution is -2.52. The number of carbonyl (C=O) groups is 2. The lowest BCUT2D eigenvalue weighted by molar-refractivity contribution is -0.140. The first-order valence-corrected chi connectivity index (χ1v) is 14.4. The van der Waals surface area contributed by atoms with Crippen molar-refractivity contribution in [2.24, 2.45) is 5.92 Å².